The molecule has 1 aromatic heterocycles. The number of H-pyrrole nitrogens is 1. The van der Waals surface area contributed by atoms with Crippen molar-refractivity contribution in [3.63, 3.8) is 0 Å². The summed E-state index contributed by atoms with van der Waals surface area (Å²) in [5.74, 6) is -0.746. The lowest BCUT2D eigenvalue weighted by atomic mass is 9.93. The lowest BCUT2D eigenvalue weighted by molar-refractivity contribution is -0.134. The van der Waals surface area contributed by atoms with E-state index < -0.39 is 0 Å². The van der Waals surface area contributed by atoms with Gasteiger partial charge < -0.3 is 14.5 Å². The lowest BCUT2D eigenvalue weighted by Gasteiger charge is -2.14. The maximum absolute atomic E-state index is 11.7. The van der Waals surface area contributed by atoms with E-state index in [0.29, 0.717) is 12.3 Å². The van der Waals surface area contributed by atoms with Crippen molar-refractivity contribution in [1.29, 1.82) is 0 Å². The number of ether oxygens (including phenoxy) is 2. The molecule has 0 aromatic carbocycles. The Morgan fingerprint density at radius 2 is 2.21 bits per heavy atom. The number of hydrogen-bond acceptors (Lipinski definition) is 4. The van der Waals surface area contributed by atoms with E-state index in [1.54, 1.807) is 13.0 Å². The Bertz CT molecular complexity index is 528. The number of aromatic amines is 1. The number of esters is 2. The molecule has 1 N–H and O–H groups in total. The summed E-state index contributed by atoms with van der Waals surface area (Å²) < 4.78 is 9.60. The number of aromatic nitrogens is 1. The number of carbonyl (C=O) groups is 2. The molecule has 0 radical (unpaired) electrons. The van der Waals surface area contributed by atoms with Gasteiger partial charge in [-0.25, -0.2) is 9.59 Å². The minimum absolute atomic E-state index is 0.341. The number of allylic oxidation sites excluding steroid dienone is 1. The molecule has 0 bridgehead atoms. The first-order valence-electron chi connectivity index (χ1n) is 6.33. The number of methoxy groups -OCH3 is 1. The van der Waals surface area contributed by atoms with Crippen molar-refractivity contribution in [2.75, 3.05) is 13.7 Å². The minimum atomic E-state index is -0.380. The van der Waals surface area contributed by atoms with Crippen LogP contribution in [0.1, 0.15) is 41.5 Å². The van der Waals surface area contributed by atoms with Gasteiger partial charge in [-0.1, -0.05) is 0 Å². The Kier molecular flexibility index (Phi) is 4.04. The minimum Gasteiger partial charge on any atom is -0.466 e. The maximum atomic E-state index is 11.7. The highest BCUT2D eigenvalue weighted by Gasteiger charge is 2.21. The van der Waals surface area contributed by atoms with Gasteiger partial charge in [0.05, 0.1) is 13.7 Å². The van der Waals surface area contributed by atoms with Crippen molar-refractivity contribution in [3.8, 4) is 0 Å². The molecule has 1 aliphatic carbocycles. The summed E-state index contributed by atoms with van der Waals surface area (Å²) in [7, 11) is 1.35. The zero-order valence-electron chi connectivity index (χ0n) is 11.1. The molecule has 0 atom stereocenters. The monoisotopic (exact) mass is 263 g/mol. The fraction of sp³-hybridized carbons (Fsp3) is 0.429. The van der Waals surface area contributed by atoms with Gasteiger partial charge in [0.25, 0.3) is 0 Å². The predicted molar refractivity (Wildman–Crippen MR) is 69.7 cm³/mol. The second kappa shape index (κ2) is 5.73. The Hall–Kier alpha value is -2.04. The van der Waals surface area contributed by atoms with Gasteiger partial charge in [-0.15, -0.1) is 0 Å². The van der Waals surface area contributed by atoms with Crippen LogP contribution in [-0.2, 0) is 20.7 Å². The predicted octanol–water partition coefficient (Wildman–Crippen LogP) is 2.08. The lowest BCUT2D eigenvalue weighted by Crippen LogP contribution is -2.05. The van der Waals surface area contributed by atoms with Crippen molar-refractivity contribution in [2.24, 2.45) is 0 Å². The molecule has 0 amide bonds. The molecular formula is C14H17NO4. The van der Waals surface area contributed by atoms with Crippen LogP contribution in [0.25, 0.3) is 5.57 Å². The molecule has 102 valence electrons. The van der Waals surface area contributed by atoms with Crippen LogP contribution in [-0.4, -0.2) is 30.6 Å². The first-order chi connectivity index (χ1) is 9.15. The molecular weight excluding hydrogens is 246 g/mol. The van der Waals surface area contributed by atoms with Crippen LogP contribution in [0.3, 0.4) is 0 Å². The maximum Gasteiger partial charge on any atom is 0.354 e. The van der Waals surface area contributed by atoms with E-state index in [0.717, 1.165) is 36.1 Å². The van der Waals surface area contributed by atoms with E-state index in [9.17, 15) is 9.59 Å². The Labute approximate surface area is 111 Å². The number of fused-ring (bicyclic) bond motifs is 1. The van der Waals surface area contributed by atoms with Crippen molar-refractivity contribution >= 4 is 17.5 Å². The third-order valence-corrected chi connectivity index (χ3v) is 3.10. The molecule has 0 unspecified atom stereocenters. The summed E-state index contributed by atoms with van der Waals surface area (Å²) in [5.41, 5.74) is 3.21. The molecule has 1 aliphatic rings. The van der Waals surface area contributed by atoms with Crippen LogP contribution in [0.5, 0.6) is 0 Å². The number of carbonyl (C=O) groups excluding carboxylic acids is 2. The van der Waals surface area contributed by atoms with Crippen molar-refractivity contribution in [3.05, 3.63) is 29.1 Å². The van der Waals surface area contributed by atoms with E-state index >= 15 is 0 Å². The number of rotatable bonds is 3. The highest BCUT2D eigenvalue weighted by atomic mass is 16.5. The summed E-state index contributed by atoms with van der Waals surface area (Å²) in [6.07, 6.45) is 4.12. The second-order valence-electron chi connectivity index (χ2n) is 4.35. The standard InChI is InChI=1S/C14H17NO4/c1-3-19-14(17)11-7-9-5-4-6-10(13(9)15-11)8-12(16)18-2/h7-8,15H,3-6H2,1-2H3/b10-8-. The molecule has 1 aromatic rings. The van der Waals surface area contributed by atoms with Gasteiger partial charge in [0, 0.05) is 11.8 Å². The molecule has 0 spiro atoms. The number of aryl methyl sites for hydroxylation is 1. The molecule has 19 heavy (non-hydrogen) atoms. The molecule has 0 fully saturated rings. The normalized spacial score (nSPS) is 16.0. The summed E-state index contributed by atoms with van der Waals surface area (Å²) in [6.45, 7) is 2.11. The third kappa shape index (κ3) is 2.86. The van der Waals surface area contributed by atoms with E-state index in [1.807, 2.05) is 0 Å². The zero-order chi connectivity index (χ0) is 13.8. The summed E-state index contributed by atoms with van der Waals surface area (Å²) in [4.78, 5) is 26.1. The second-order valence-corrected chi connectivity index (χ2v) is 4.35. The molecule has 2 rings (SSSR count). The van der Waals surface area contributed by atoms with Crippen LogP contribution in [0, 0.1) is 0 Å². The van der Waals surface area contributed by atoms with E-state index in [-0.39, 0.29) is 11.9 Å². The van der Waals surface area contributed by atoms with Crippen molar-refractivity contribution in [2.45, 2.75) is 26.2 Å². The Morgan fingerprint density at radius 1 is 1.42 bits per heavy atom. The van der Waals surface area contributed by atoms with Crippen LogP contribution in [0.4, 0.5) is 0 Å². The summed E-state index contributed by atoms with van der Waals surface area (Å²) in [6, 6.07) is 1.80. The molecule has 5 heteroatoms. The smallest absolute Gasteiger partial charge is 0.354 e. The average molecular weight is 263 g/mol. The zero-order valence-corrected chi connectivity index (χ0v) is 11.1. The highest BCUT2D eigenvalue weighted by molar-refractivity contribution is 5.93. The summed E-state index contributed by atoms with van der Waals surface area (Å²) >= 11 is 0. The number of hydrogen-bond donors (Lipinski definition) is 1. The molecule has 0 saturated heterocycles. The Morgan fingerprint density at radius 3 is 2.89 bits per heavy atom. The fourth-order valence-corrected chi connectivity index (χ4v) is 2.24. The van der Waals surface area contributed by atoms with Gasteiger partial charge in [0.2, 0.25) is 0 Å². The van der Waals surface area contributed by atoms with Crippen LogP contribution in [0.15, 0.2) is 12.1 Å². The largest absolute Gasteiger partial charge is 0.466 e. The van der Waals surface area contributed by atoms with Gasteiger partial charge >= 0.3 is 11.9 Å². The van der Waals surface area contributed by atoms with Gasteiger partial charge in [0.15, 0.2) is 0 Å². The fourth-order valence-electron chi connectivity index (χ4n) is 2.24. The highest BCUT2D eigenvalue weighted by Crippen LogP contribution is 2.31. The number of nitrogens with one attached hydrogen (secondary N) is 1. The van der Waals surface area contributed by atoms with E-state index in [2.05, 4.69) is 9.72 Å². The SMILES string of the molecule is CCOC(=O)c1cc2c([nH]1)/C(=C\C(=O)OC)CCC2. The van der Waals surface area contributed by atoms with Crippen LogP contribution >= 0.6 is 0 Å². The van der Waals surface area contributed by atoms with Crippen LogP contribution < -0.4 is 0 Å². The quantitative estimate of drug-likeness (QED) is 0.669. The third-order valence-electron chi connectivity index (χ3n) is 3.10. The van der Waals surface area contributed by atoms with Crippen molar-refractivity contribution in [1.82, 2.24) is 4.98 Å². The Balaban J connectivity index is 2.32. The van der Waals surface area contributed by atoms with Crippen LogP contribution in [0.2, 0.25) is 0 Å². The van der Waals surface area contributed by atoms with Gasteiger partial charge in [-0.3, -0.25) is 0 Å². The van der Waals surface area contributed by atoms with Crippen molar-refractivity contribution < 1.29 is 19.1 Å². The van der Waals surface area contributed by atoms with E-state index in [4.69, 9.17) is 4.74 Å². The van der Waals surface area contributed by atoms with Gasteiger partial charge in [0.1, 0.15) is 5.69 Å². The topological polar surface area (TPSA) is 68.4 Å². The first kappa shape index (κ1) is 13.4. The first-order valence-corrected chi connectivity index (χ1v) is 6.33. The molecule has 0 saturated carbocycles. The van der Waals surface area contributed by atoms with Gasteiger partial charge in [-0.05, 0) is 43.4 Å². The van der Waals surface area contributed by atoms with Gasteiger partial charge in [-0.2, -0.15) is 0 Å². The molecule has 0 aliphatic heterocycles. The summed E-state index contributed by atoms with van der Waals surface area (Å²) in [5, 5.41) is 0. The molecule has 5 nitrogen and oxygen atoms in total. The molecule has 1 heterocycles. The van der Waals surface area contributed by atoms with E-state index in [1.165, 1.54) is 13.2 Å². The average Bonchev–Trinajstić information content (AvgIpc) is 2.84.